The van der Waals surface area contributed by atoms with E-state index in [0.29, 0.717) is 26.2 Å². The third-order valence-corrected chi connectivity index (χ3v) is 22.2. The van der Waals surface area contributed by atoms with Gasteiger partial charge in [0.1, 0.15) is 12.1 Å². The maximum atomic E-state index is 8.13. The Kier molecular flexibility index (Phi) is 21.1. The Morgan fingerprint density at radius 1 is 0.303 bits per heavy atom. The van der Waals surface area contributed by atoms with Crippen LogP contribution in [0.4, 0.5) is 0 Å². The van der Waals surface area contributed by atoms with Crippen molar-refractivity contribution in [1.82, 2.24) is 14.7 Å². The molecular formula is C90H112Cl4N5+. The summed E-state index contributed by atoms with van der Waals surface area (Å²) in [5, 5.41) is 3.07. The summed E-state index contributed by atoms with van der Waals surface area (Å²) in [6.45, 7) is 56.8. The van der Waals surface area contributed by atoms with E-state index >= 15 is 0 Å². The first-order valence-electron chi connectivity index (χ1n) is 35.9. The van der Waals surface area contributed by atoms with Crippen LogP contribution in [0, 0.1) is 0 Å². The molecule has 5 nitrogen and oxygen atoms in total. The molecule has 4 unspecified atom stereocenters. The van der Waals surface area contributed by atoms with Gasteiger partial charge in [0.2, 0.25) is 0 Å². The Morgan fingerprint density at radius 2 is 0.556 bits per heavy atom. The molecule has 0 N–H and O–H groups in total. The van der Waals surface area contributed by atoms with Gasteiger partial charge in [0, 0.05) is 34.3 Å². The number of aliphatic imine (C=N–C) groups is 1. The number of hydrogen-bond acceptors (Lipinski definition) is 2. The largest absolute Gasteiger partial charge is 0.394 e. The van der Waals surface area contributed by atoms with Crippen molar-refractivity contribution >= 4 is 58.3 Å². The molecule has 4 atom stereocenters. The number of halogens is 4. The lowest BCUT2D eigenvalue weighted by Crippen LogP contribution is -2.38. The fourth-order valence-electron chi connectivity index (χ4n) is 14.4. The topological polar surface area (TPSA) is 25.1 Å². The lowest BCUT2D eigenvalue weighted by Gasteiger charge is -2.32. The Labute approximate surface area is 617 Å². The van der Waals surface area contributed by atoms with Gasteiger partial charge >= 0.3 is 5.96 Å². The van der Waals surface area contributed by atoms with E-state index in [4.69, 9.17) is 51.4 Å². The summed E-state index contributed by atoms with van der Waals surface area (Å²) in [5.74, 6) is 1.59. The summed E-state index contributed by atoms with van der Waals surface area (Å²) in [6, 6.07) is 62.1. The molecule has 0 radical (unpaired) electrons. The van der Waals surface area contributed by atoms with Gasteiger partial charge in [-0.1, -0.05) is 382 Å². The van der Waals surface area contributed by atoms with Crippen LogP contribution in [0.15, 0.2) is 175 Å². The summed E-state index contributed by atoms with van der Waals surface area (Å²) in [6.07, 6.45) is 0. The Hall–Kier alpha value is -6.34. The minimum Gasteiger partial charge on any atom is -0.315 e. The average Bonchev–Trinajstić information content (AvgIpc) is 1.58. The maximum absolute atomic E-state index is 8.13. The Bertz CT molecular complexity index is 4150. The standard InChI is InChI=1S/C90H112Cl4N5/c1-83(2,3)65-45-61(73(91)69(49-65)87(13,14)15)53-96-77(57-37-29-25-30-38-57)78(58-39-31-26-32-40-58)97(54-62-46-66(84(4,5)6)50-70(74(62)92)88(16,17)18)81(96)95-82-98(55-63-47-67(85(7,8)9)51-71(75(63)93)89(19,20)21)79(59-41-33-27-34-42-59)80(60-43-35-28-36-44-60)99(82)56-64-48-68(86(10,11)12)52-72(76(64)94)90(22,23)24/h25-52,77-80H,53-56H2,1-24H3/q+1. The van der Waals surface area contributed by atoms with E-state index in [0.717, 1.165) is 98.8 Å². The van der Waals surface area contributed by atoms with Crippen molar-refractivity contribution in [3.8, 4) is 0 Å². The van der Waals surface area contributed by atoms with Crippen molar-refractivity contribution in [1.29, 1.82) is 0 Å². The quantitative estimate of drug-likeness (QED) is 0.114. The minimum atomic E-state index is -0.315. The number of guanidine groups is 2. The van der Waals surface area contributed by atoms with Gasteiger partial charge in [-0.15, -0.1) is 0 Å². The molecule has 1 saturated heterocycles. The third-order valence-electron chi connectivity index (χ3n) is 20.4. The molecule has 0 saturated carbocycles. The molecule has 8 aromatic rings. The zero-order chi connectivity index (χ0) is 72.7. The second-order valence-electron chi connectivity index (χ2n) is 36.6. The van der Waals surface area contributed by atoms with Gasteiger partial charge in [-0.3, -0.25) is 0 Å². The smallest absolute Gasteiger partial charge is 0.315 e. The van der Waals surface area contributed by atoms with Gasteiger partial charge in [0.25, 0.3) is 5.96 Å². The van der Waals surface area contributed by atoms with Gasteiger partial charge in [0.15, 0.2) is 0 Å². The van der Waals surface area contributed by atoms with Gasteiger partial charge < -0.3 is 9.80 Å². The molecule has 524 valence electrons. The highest BCUT2D eigenvalue weighted by molar-refractivity contribution is 6.33. The molecular weight excluding hydrogens is 1290 g/mol. The molecule has 0 aromatic heterocycles. The van der Waals surface area contributed by atoms with Gasteiger partial charge in [0.05, 0.1) is 35.2 Å². The van der Waals surface area contributed by atoms with Crippen molar-refractivity contribution in [3.63, 3.8) is 0 Å². The average molecular weight is 1410 g/mol. The predicted octanol–water partition coefficient (Wildman–Crippen LogP) is 25.4. The Morgan fingerprint density at radius 3 is 0.838 bits per heavy atom. The molecule has 0 spiro atoms. The van der Waals surface area contributed by atoms with Crippen molar-refractivity contribution in [2.75, 3.05) is 0 Å². The van der Waals surface area contributed by atoms with Crippen LogP contribution >= 0.6 is 46.4 Å². The molecule has 2 aliphatic rings. The van der Waals surface area contributed by atoms with Crippen molar-refractivity contribution in [2.24, 2.45) is 4.99 Å². The van der Waals surface area contributed by atoms with Crippen LogP contribution in [-0.2, 0) is 69.5 Å². The Balaban J connectivity index is 1.45. The van der Waals surface area contributed by atoms with E-state index < -0.39 is 0 Å². The summed E-state index contributed by atoms with van der Waals surface area (Å²) in [5.41, 5.74) is 16.2. The number of benzene rings is 8. The van der Waals surface area contributed by atoms with Crippen molar-refractivity contribution < 1.29 is 4.58 Å². The van der Waals surface area contributed by atoms with Crippen LogP contribution in [0.3, 0.4) is 0 Å². The number of hydrogen-bond donors (Lipinski definition) is 0. The van der Waals surface area contributed by atoms with Crippen LogP contribution in [0.5, 0.6) is 0 Å². The summed E-state index contributed by atoms with van der Waals surface area (Å²) >= 11 is 32.5. The molecule has 8 aromatic carbocycles. The monoisotopic (exact) mass is 1400 g/mol. The lowest BCUT2D eigenvalue weighted by atomic mass is 9.79. The summed E-state index contributed by atoms with van der Waals surface area (Å²) in [7, 11) is 0. The van der Waals surface area contributed by atoms with Gasteiger partial charge in [-0.05, 0) is 126 Å². The van der Waals surface area contributed by atoms with Crippen molar-refractivity contribution in [3.05, 3.63) is 279 Å². The maximum Gasteiger partial charge on any atom is 0.394 e. The summed E-state index contributed by atoms with van der Waals surface area (Å²) in [4.78, 5) is 14.6. The van der Waals surface area contributed by atoms with E-state index in [9.17, 15) is 0 Å². The molecule has 1 fully saturated rings. The minimum absolute atomic E-state index is 0.200. The molecule has 2 heterocycles. The zero-order valence-electron chi connectivity index (χ0n) is 64.1. The van der Waals surface area contributed by atoms with Crippen LogP contribution in [0.25, 0.3) is 0 Å². The second kappa shape index (κ2) is 27.8. The first kappa shape index (κ1) is 75.3. The highest BCUT2D eigenvalue weighted by Crippen LogP contribution is 2.52. The van der Waals surface area contributed by atoms with E-state index in [1.54, 1.807) is 0 Å². The highest BCUT2D eigenvalue weighted by atomic mass is 35.5. The first-order valence-corrected chi connectivity index (χ1v) is 37.4. The highest BCUT2D eigenvalue weighted by Gasteiger charge is 2.54. The van der Waals surface area contributed by atoms with Crippen LogP contribution in [0.1, 0.15) is 279 Å². The van der Waals surface area contributed by atoms with E-state index in [2.05, 4.69) is 355 Å². The van der Waals surface area contributed by atoms with Gasteiger partial charge in [-0.25, -0.2) is 9.48 Å². The fourth-order valence-corrected chi connectivity index (χ4v) is 16.2. The zero-order valence-corrected chi connectivity index (χ0v) is 67.1. The van der Waals surface area contributed by atoms with Crippen LogP contribution in [-0.4, -0.2) is 31.2 Å². The van der Waals surface area contributed by atoms with Crippen molar-refractivity contribution in [2.45, 2.75) is 260 Å². The molecule has 9 heteroatoms. The molecule has 2 aliphatic heterocycles. The van der Waals surface area contributed by atoms with E-state index in [-0.39, 0.29) is 67.5 Å². The fraction of sp³-hybridized carbons (Fsp3) is 0.444. The van der Waals surface area contributed by atoms with Gasteiger partial charge in [-0.2, -0.15) is 0 Å². The molecule has 10 rings (SSSR count). The number of nitrogens with zero attached hydrogens (tertiary/aromatic N) is 5. The SMILES string of the molecule is CC(C)(C)c1cc(CN2C(=NC3=[N+](Cc4cc(C(C)(C)C)cc(C(C)(C)C)c4Cl)C(c4ccccc4)C(c4ccccc4)N3Cc3cc(C(C)(C)C)cc(C(C)(C)C)c3Cl)N(Cc3cc(C(C)(C)C)cc(C(C)(C)C)c3Cl)C(c3ccccc3)C2c2ccccc2)c(Cl)c(C(C)(C)C)c1. The molecule has 0 aliphatic carbocycles. The van der Waals surface area contributed by atoms with Crippen LogP contribution in [0.2, 0.25) is 20.1 Å². The van der Waals surface area contributed by atoms with E-state index in [1.807, 2.05) is 0 Å². The second-order valence-corrected chi connectivity index (χ2v) is 38.1. The predicted molar refractivity (Wildman–Crippen MR) is 425 cm³/mol. The molecule has 0 bridgehead atoms. The van der Waals surface area contributed by atoms with E-state index in [1.165, 1.54) is 22.3 Å². The molecule has 99 heavy (non-hydrogen) atoms. The summed E-state index contributed by atoms with van der Waals surface area (Å²) < 4.78 is 2.60. The first-order chi connectivity index (χ1) is 45.8. The third kappa shape index (κ3) is 16.1. The normalized spacial score (nSPS) is 17.7. The lowest BCUT2D eigenvalue weighted by molar-refractivity contribution is -0.583. The van der Waals surface area contributed by atoms with Crippen LogP contribution < -0.4 is 0 Å². The molecule has 0 amide bonds. The number of rotatable bonds is 12.